The molecular formula is C36H42Cl2N8O6S. The van der Waals surface area contributed by atoms with Crippen LogP contribution in [0, 0.1) is 5.41 Å². The topological polar surface area (TPSA) is 163 Å². The fraction of sp³-hybridized carbons (Fsp3) is 0.472. The number of sulfonamides is 1. The second-order valence-corrected chi connectivity index (χ2v) is 18.1. The van der Waals surface area contributed by atoms with Crippen LogP contribution in [0.4, 0.5) is 10.6 Å². The molecule has 0 unspecified atom stereocenters. The molecule has 17 heteroatoms. The lowest BCUT2D eigenvalue weighted by atomic mass is 9.74. The molecule has 4 aromatic rings. The normalized spacial score (nSPS) is 18.4. The van der Waals surface area contributed by atoms with Crippen molar-refractivity contribution < 1.29 is 27.5 Å². The number of pyridine rings is 2. The van der Waals surface area contributed by atoms with Crippen LogP contribution in [0.3, 0.4) is 0 Å². The number of H-pyrrole nitrogens is 1. The number of fused-ring (bicyclic) bond motifs is 1. The fourth-order valence-corrected chi connectivity index (χ4v) is 10.1. The number of amides is 2. The lowest BCUT2D eigenvalue weighted by Crippen LogP contribution is -2.73. The molecule has 3 aliphatic heterocycles. The number of likely N-dealkylation sites (tertiary alicyclic amines) is 1. The predicted molar refractivity (Wildman–Crippen MR) is 202 cm³/mol. The van der Waals surface area contributed by atoms with E-state index in [0.29, 0.717) is 60.4 Å². The molecule has 0 saturated carbocycles. The number of carbonyl (C=O) groups excluding carboxylic acids is 2. The summed E-state index contributed by atoms with van der Waals surface area (Å²) in [6.07, 6.45) is 4.53. The maximum Gasteiger partial charge on any atom is 0.408 e. The Bertz CT molecular complexity index is 2100. The number of aromatic nitrogens is 4. The smallest absolute Gasteiger partial charge is 0.408 e. The van der Waals surface area contributed by atoms with Crippen LogP contribution in [0.1, 0.15) is 52.2 Å². The van der Waals surface area contributed by atoms with Crippen molar-refractivity contribution in [2.45, 2.75) is 57.5 Å². The molecule has 2 N–H and O–H groups in total. The van der Waals surface area contributed by atoms with Crippen molar-refractivity contribution in [3.05, 3.63) is 64.5 Å². The van der Waals surface area contributed by atoms with Gasteiger partial charge in [0, 0.05) is 79.8 Å². The molecule has 3 aromatic heterocycles. The molecule has 2 amide bonds. The van der Waals surface area contributed by atoms with Gasteiger partial charge < -0.3 is 24.6 Å². The highest BCUT2D eigenvalue weighted by atomic mass is 35.5. The van der Waals surface area contributed by atoms with E-state index in [1.807, 2.05) is 37.3 Å². The van der Waals surface area contributed by atoms with E-state index in [-0.39, 0.29) is 17.9 Å². The van der Waals surface area contributed by atoms with Crippen molar-refractivity contribution in [1.82, 2.24) is 34.7 Å². The zero-order valence-corrected chi connectivity index (χ0v) is 32.3. The molecular weight excluding hydrogens is 743 g/mol. The molecule has 14 nitrogen and oxygen atoms in total. The van der Waals surface area contributed by atoms with Gasteiger partial charge in [0.05, 0.1) is 20.8 Å². The van der Waals surface area contributed by atoms with Crippen molar-refractivity contribution in [1.29, 1.82) is 0 Å². The zero-order chi connectivity index (χ0) is 37.7. The lowest BCUT2D eigenvalue weighted by Gasteiger charge is -2.60. The molecule has 7 rings (SSSR count). The lowest BCUT2D eigenvalue weighted by molar-refractivity contribution is -0.131. The zero-order valence-electron chi connectivity index (χ0n) is 29.9. The Kier molecular flexibility index (Phi) is 9.98. The quantitative estimate of drug-likeness (QED) is 0.224. The Morgan fingerprint density at radius 2 is 1.74 bits per heavy atom. The number of hydrogen-bond acceptors (Lipinski definition) is 10. The molecule has 1 spiro atoms. The summed E-state index contributed by atoms with van der Waals surface area (Å²) in [5, 5.41) is 11.3. The number of alkyl carbamates (subject to hydrolysis) is 1. The Hall–Kier alpha value is -4.18. The number of carbonyl (C=O) groups is 2. The number of nitrogens with one attached hydrogen (secondary N) is 2. The first-order chi connectivity index (χ1) is 25.1. The standard InChI is InChI=1S/C36H42Cl2N8O6S/c1-22(32-27(37)15-39-16-28(32)38)51-24-6-7-29-26(13-24)33(43-42-29)23-5-8-30(40-14-23)45-18-36(19-45)20-46(21-36)53(49,50)25-9-11-44(12-10-25)31(47)17-41-34(48)52-35(2,3)4/h5-8,13-16,22,25H,9-12,17-21H2,1-4H3,(H,41,48)(H,42,43)/t22-/m1/s1. The largest absolute Gasteiger partial charge is 0.486 e. The van der Waals surface area contributed by atoms with E-state index in [4.69, 9.17) is 37.7 Å². The Labute approximate surface area is 318 Å². The number of hydrogen-bond donors (Lipinski definition) is 2. The van der Waals surface area contributed by atoms with Crippen molar-refractivity contribution in [3.8, 4) is 17.0 Å². The van der Waals surface area contributed by atoms with Crippen LogP contribution in [0.2, 0.25) is 10.0 Å². The summed E-state index contributed by atoms with van der Waals surface area (Å²) in [7, 11) is -3.49. The van der Waals surface area contributed by atoms with Crippen LogP contribution in [0.25, 0.3) is 22.2 Å². The highest BCUT2D eigenvalue weighted by molar-refractivity contribution is 7.89. The first-order valence-electron chi connectivity index (χ1n) is 17.5. The van der Waals surface area contributed by atoms with Gasteiger partial charge in [-0.3, -0.25) is 14.9 Å². The summed E-state index contributed by atoms with van der Waals surface area (Å²) in [5.74, 6) is 1.20. The second kappa shape index (κ2) is 14.2. The molecule has 3 saturated heterocycles. The van der Waals surface area contributed by atoms with Gasteiger partial charge in [0.15, 0.2) is 0 Å². The van der Waals surface area contributed by atoms with Gasteiger partial charge in [-0.1, -0.05) is 23.2 Å². The molecule has 0 radical (unpaired) electrons. The van der Waals surface area contributed by atoms with E-state index < -0.39 is 33.1 Å². The molecule has 0 bridgehead atoms. The number of anilines is 1. The van der Waals surface area contributed by atoms with Gasteiger partial charge in [0.2, 0.25) is 15.9 Å². The molecule has 3 aliphatic rings. The van der Waals surface area contributed by atoms with E-state index >= 15 is 0 Å². The predicted octanol–water partition coefficient (Wildman–Crippen LogP) is 5.43. The van der Waals surface area contributed by atoms with Gasteiger partial charge >= 0.3 is 6.09 Å². The van der Waals surface area contributed by atoms with Gasteiger partial charge in [0.25, 0.3) is 0 Å². The third kappa shape index (κ3) is 7.75. The molecule has 0 aliphatic carbocycles. The Morgan fingerprint density at radius 3 is 2.38 bits per heavy atom. The third-order valence-corrected chi connectivity index (χ3v) is 12.8. The van der Waals surface area contributed by atoms with Gasteiger partial charge in [-0.15, -0.1) is 0 Å². The summed E-state index contributed by atoms with van der Waals surface area (Å²) in [4.78, 5) is 37.0. The summed E-state index contributed by atoms with van der Waals surface area (Å²) in [5.41, 5.74) is 2.35. The van der Waals surface area contributed by atoms with Gasteiger partial charge in [0.1, 0.15) is 35.5 Å². The molecule has 53 heavy (non-hydrogen) atoms. The summed E-state index contributed by atoms with van der Waals surface area (Å²) in [6.45, 7) is 9.97. The summed E-state index contributed by atoms with van der Waals surface area (Å²) < 4.78 is 39.9. The van der Waals surface area contributed by atoms with Crippen LogP contribution in [-0.4, -0.2) is 106 Å². The van der Waals surface area contributed by atoms with Gasteiger partial charge in [-0.25, -0.2) is 22.5 Å². The minimum absolute atomic E-state index is 0.0892. The first kappa shape index (κ1) is 37.1. The number of piperidine rings is 1. The first-order valence-corrected chi connectivity index (χ1v) is 19.8. The van der Waals surface area contributed by atoms with E-state index in [1.165, 1.54) is 0 Å². The molecule has 1 aromatic carbocycles. The van der Waals surface area contributed by atoms with Crippen molar-refractivity contribution in [2.75, 3.05) is 50.7 Å². The Balaban J connectivity index is 0.900. The number of rotatable bonds is 9. The average Bonchev–Trinajstić information content (AvgIpc) is 3.49. The molecule has 1 atom stereocenters. The maximum absolute atomic E-state index is 13.5. The van der Waals surface area contributed by atoms with E-state index in [9.17, 15) is 18.0 Å². The molecule has 282 valence electrons. The average molecular weight is 786 g/mol. The van der Waals surface area contributed by atoms with Crippen molar-refractivity contribution >= 4 is 61.9 Å². The number of nitrogens with zero attached hydrogens (tertiary/aromatic N) is 6. The highest BCUT2D eigenvalue weighted by Crippen LogP contribution is 2.44. The Morgan fingerprint density at radius 1 is 1.04 bits per heavy atom. The summed E-state index contributed by atoms with van der Waals surface area (Å²) >= 11 is 12.7. The number of benzene rings is 1. The number of ether oxygens (including phenoxy) is 2. The molecule has 3 fully saturated rings. The monoisotopic (exact) mass is 784 g/mol. The summed E-state index contributed by atoms with van der Waals surface area (Å²) in [6, 6.07) is 9.64. The van der Waals surface area contributed by atoms with Crippen LogP contribution >= 0.6 is 23.2 Å². The van der Waals surface area contributed by atoms with E-state index in [2.05, 4.69) is 25.4 Å². The van der Waals surface area contributed by atoms with E-state index in [1.54, 1.807) is 48.6 Å². The second-order valence-electron chi connectivity index (χ2n) is 15.1. The van der Waals surface area contributed by atoms with Crippen molar-refractivity contribution in [2.24, 2.45) is 5.41 Å². The van der Waals surface area contributed by atoms with Gasteiger partial charge in [-0.2, -0.15) is 5.10 Å². The van der Waals surface area contributed by atoms with Crippen LogP contribution < -0.4 is 15.0 Å². The number of aromatic amines is 1. The minimum atomic E-state index is -3.49. The highest BCUT2D eigenvalue weighted by Gasteiger charge is 2.56. The minimum Gasteiger partial charge on any atom is -0.486 e. The number of halogens is 2. The molecule has 6 heterocycles. The van der Waals surface area contributed by atoms with E-state index in [0.717, 1.165) is 41.1 Å². The fourth-order valence-electron chi connectivity index (χ4n) is 7.27. The van der Waals surface area contributed by atoms with Crippen LogP contribution in [-0.2, 0) is 19.6 Å². The SMILES string of the molecule is C[C@@H](Oc1ccc2[nH]nc(-c3ccc(N4CC5(C4)CN(S(=O)(=O)C4CCN(C(=O)CNC(=O)OC(C)(C)C)CC4)C5)nc3)c2c1)c1c(Cl)cncc1Cl. The third-order valence-electron chi connectivity index (χ3n) is 9.92. The van der Waals surface area contributed by atoms with Crippen molar-refractivity contribution in [3.63, 3.8) is 0 Å². The maximum atomic E-state index is 13.5. The van der Waals surface area contributed by atoms with Crippen LogP contribution in [0.15, 0.2) is 48.9 Å². The van der Waals surface area contributed by atoms with Gasteiger partial charge in [-0.05, 0) is 70.9 Å². The van der Waals surface area contributed by atoms with Crippen LogP contribution in [0.5, 0.6) is 5.75 Å².